The van der Waals surface area contributed by atoms with Gasteiger partial charge in [0.15, 0.2) is 0 Å². The number of hydrogen-bond acceptors (Lipinski definition) is 3. The molecule has 0 aliphatic rings. The number of nitrogens with zero attached hydrogens (tertiary/aromatic N) is 4. The fourth-order valence-corrected chi connectivity index (χ4v) is 0.320. The number of aromatic nitrogens is 4. The Morgan fingerprint density at radius 3 is 3.12 bits per heavy atom. The van der Waals surface area contributed by atoms with Gasteiger partial charge in [-0.2, -0.15) is 5.21 Å². The highest BCUT2D eigenvalue weighted by Gasteiger charge is 1.96. The van der Waals surface area contributed by atoms with Gasteiger partial charge in [-0.1, -0.05) is 0 Å². The Balaban J connectivity index is 2.67. The lowest BCUT2D eigenvalue weighted by Crippen LogP contribution is -1.80. The third-order valence-corrected chi connectivity index (χ3v) is 0.610. The Morgan fingerprint density at radius 1 is 1.75 bits per heavy atom. The molecular weight excluding hydrogens is 106 g/mol. The van der Waals surface area contributed by atoms with Gasteiger partial charge in [-0.3, -0.25) is 0 Å². The van der Waals surface area contributed by atoms with E-state index in [1.165, 1.54) is 0 Å². The van der Waals surface area contributed by atoms with Crippen LogP contribution >= 0.6 is 0 Å². The smallest absolute Gasteiger partial charge is 0.277 e. The van der Waals surface area contributed by atoms with E-state index in [1.54, 1.807) is 0 Å². The molecule has 1 heterocycles. The predicted molar refractivity (Wildman–Crippen MR) is 24.5 cm³/mol. The second kappa shape index (κ2) is 2.02. The molecule has 0 spiro atoms. The van der Waals surface area contributed by atoms with Gasteiger partial charge < -0.3 is 4.85 Å². The van der Waals surface area contributed by atoms with Crippen molar-refractivity contribution in [2.75, 3.05) is 0 Å². The van der Waals surface area contributed by atoms with E-state index in [-0.39, 0.29) is 6.54 Å². The Morgan fingerprint density at radius 2 is 2.62 bits per heavy atom. The maximum atomic E-state index is 6.38. The molecular formula is C3H3N5. The number of tetrazole rings is 1. The molecule has 1 aromatic rings. The van der Waals surface area contributed by atoms with Crippen molar-refractivity contribution in [1.29, 1.82) is 0 Å². The van der Waals surface area contributed by atoms with E-state index in [9.17, 15) is 0 Å². The molecule has 5 heteroatoms. The summed E-state index contributed by atoms with van der Waals surface area (Å²) < 4.78 is 0. The number of rotatable bonds is 1. The van der Waals surface area contributed by atoms with E-state index in [4.69, 9.17) is 6.57 Å². The van der Waals surface area contributed by atoms with Crippen LogP contribution in [0.25, 0.3) is 4.85 Å². The standard InChI is InChI=1S/C3H3N5/c1-4-2-3-5-7-8-6-3/h2H2,(H,5,6,7,8). The van der Waals surface area contributed by atoms with Gasteiger partial charge in [0.2, 0.25) is 0 Å². The molecule has 0 radical (unpaired) electrons. The van der Waals surface area contributed by atoms with Crippen molar-refractivity contribution in [1.82, 2.24) is 20.6 Å². The fraction of sp³-hybridized carbons (Fsp3) is 0.333. The summed E-state index contributed by atoms with van der Waals surface area (Å²) in [5.74, 6) is 0.444. The molecule has 5 nitrogen and oxygen atoms in total. The molecule has 1 N–H and O–H groups in total. The molecule has 0 aromatic carbocycles. The first-order valence-electron chi connectivity index (χ1n) is 1.99. The van der Waals surface area contributed by atoms with E-state index in [0.29, 0.717) is 5.82 Å². The van der Waals surface area contributed by atoms with Crippen LogP contribution in [0.2, 0.25) is 0 Å². The molecule has 8 heavy (non-hydrogen) atoms. The molecule has 1 rings (SSSR count). The zero-order valence-corrected chi connectivity index (χ0v) is 4.00. The van der Waals surface area contributed by atoms with Crippen LogP contribution in [0.15, 0.2) is 0 Å². The average Bonchev–Trinajstić information content (AvgIpc) is 2.19. The summed E-state index contributed by atoms with van der Waals surface area (Å²) in [6, 6.07) is 0. The van der Waals surface area contributed by atoms with E-state index in [1.807, 2.05) is 0 Å². The highest BCUT2D eigenvalue weighted by molar-refractivity contribution is 4.79. The van der Waals surface area contributed by atoms with Crippen molar-refractivity contribution in [2.45, 2.75) is 6.54 Å². The molecule has 0 bridgehead atoms. The second-order valence-electron chi connectivity index (χ2n) is 1.14. The molecule has 0 amide bonds. The lowest BCUT2D eigenvalue weighted by atomic mass is 10.6. The van der Waals surface area contributed by atoms with Crippen molar-refractivity contribution in [2.24, 2.45) is 0 Å². The van der Waals surface area contributed by atoms with E-state index in [0.717, 1.165) is 0 Å². The number of nitrogens with one attached hydrogen (secondary N) is 1. The van der Waals surface area contributed by atoms with Gasteiger partial charge >= 0.3 is 0 Å². The zero-order valence-electron chi connectivity index (χ0n) is 4.00. The molecule has 0 aliphatic heterocycles. The minimum atomic E-state index is 0.205. The molecule has 1 aromatic heterocycles. The van der Waals surface area contributed by atoms with Gasteiger partial charge in [0.25, 0.3) is 12.4 Å². The average molecular weight is 109 g/mol. The largest absolute Gasteiger partial charge is 0.308 e. The SMILES string of the molecule is [C-]#[N+]Cc1nn[nH]n1. The monoisotopic (exact) mass is 109 g/mol. The van der Waals surface area contributed by atoms with Crippen molar-refractivity contribution in [3.63, 3.8) is 0 Å². The Hall–Kier alpha value is -1.44. The summed E-state index contributed by atoms with van der Waals surface area (Å²) in [4.78, 5) is 3.04. The van der Waals surface area contributed by atoms with Crippen LogP contribution in [0.5, 0.6) is 0 Å². The summed E-state index contributed by atoms with van der Waals surface area (Å²) in [5.41, 5.74) is 0. The predicted octanol–water partition coefficient (Wildman–Crippen LogP) is -0.381. The summed E-state index contributed by atoms with van der Waals surface area (Å²) in [6.07, 6.45) is 0. The van der Waals surface area contributed by atoms with Crippen LogP contribution in [0.1, 0.15) is 5.82 Å². The normalized spacial score (nSPS) is 8.38. The molecule has 0 saturated carbocycles. The summed E-state index contributed by atoms with van der Waals surface area (Å²) in [5, 5.41) is 12.6. The number of aromatic amines is 1. The van der Waals surface area contributed by atoms with Gasteiger partial charge in [-0.25, -0.2) is 6.57 Å². The van der Waals surface area contributed by atoms with E-state index < -0.39 is 0 Å². The van der Waals surface area contributed by atoms with Crippen molar-refractivity contribution < 1.29 is 0 Å². The van der Waals surface area contributed by atoms with Gasteiger partial charge in [0.1, 0.15) is 0 Å². The van der Waals surface area contributed by atoms with Gasteiger partial charge in [0.05, 0.1) is 0 Å². The zero-order chi connectivity index (χ0) is 5.82. The second-order valence-corrected chi connectivity index (χ2v) is 1.14. The minimum Gasteiger partial charge on any atom is -0.308 e. The fourth-order valence-electron chi connectivity index (χ4n) is 0.320. The quantitative estimate of drug-likeness (QED) is 0.500. The molecule has 0 saturated heterocycles. The third kappa shape index (κ3) is 0.789. The van der Waals surface area contributed by atoms with E-state index in [2.05, 4.69) is 25.5 Å². The topological polar surface area (TPSA) is 58.8 Å². The molecule has 0 atom stereocenters. The first-order valence-corrected chi connectivity index (χ1v) is 1.99. The van der Waals surface area contributed by atoms with Gasteiger partial charge in [0, 0.05) is 0 Å². The van der Waals surface area contributed by atoms with Crippen LogP contribution < -0.4 is 0 Å². The minimum absolute atomic E-state index is 0.205. The summed E-state index contributed by atoms with van der Waals surface area (Å²) >= 11 is 0. The highest BCUT2D eigenvalue weighted by atomic mass is 15.5. The van der Waals surface area contributed by atoms with Crippen molar-refractivity contribution in [3.8, 4) is 0 Å². The molecule has 40 valence electrons. The first-order chi connectivity index (χ1) is 3.93. The molecule has 0 aliphatic carbocycles. The Bertz CT molecular complexity index is 182. The summed E-state index contributed by atoms with van der Waals surface area (Å²) in [6.45, 7) is 6.59. The first kappa shape index (κ1) is 4.71. The van der Waals surface area contributed by atoms with E-state index >= 15 is 0 Å². The maximum absolute atomic E-state index is 6.38. The molecule has 0 unspecified atom stereocenters. The van der Waals surface area contributed by atoms with Gasteiger partial charge in [-0.05, 0) is 5.21 Å². The van der Waals surface area contributed by atoms with Crippen molar-refractivity contribution >= 4 is 0 Å². The lowest BCUT2D eigenvalue weighted by Gasteiger charge is -1.69. The van der Waals surface area contributed by atoms with Crippen LogP contribution in [0, 0.1) is 6.57 Å². The third-order valence-electron chi connectivity index (χ3n) is 0.610. The summed E-state index contributed by atoms with van der Waals surface area (Å²) in [7, 11) is 0. The highest BCUT2D eigenvalue weighted by Crippen LogP contribution is 1.83. The van der Waals surface area contributed by atoms with Gasteiger partial charge in [-0.15, -0.1) is 10.2 Å². The van der Waals surface area contributed by atoms with Crippen LogP contribution in [-0.2, 0) is 6.54 Å². The maximum Gasteiger partial charge on any atom is 0.277 e. The Labute approximate surface area is 45.5 Å². The Kier molecular flexibility index (Phi) is 1.19. The lowest BCUT2D eigenvalue weighted by molar-refractivity contribution is 0.881. The molecule has 0 fully saturated rings. The van der Waals surface area contributed by atoms with Crippen LogP contribution in [-0.4, -0.2) is 20.6 Å². The number of H-pyrrole nitrogens is 1. The number of hydrogen-bond donors (Lipinski definition) is 1. The van der Waals surface area contributed by atoms with Crippen molar-refractivity contribution in [3.05, 3.63) is 17.2 Å². The van der Waals surface area contributed by atoms with Crippen LogP contribution in [0.4, 0.5) is 0 Å². The van der Waals surface area contributed by atoms with Crippen LogP contribution in [0.3, 0.4) is 0 Å².